The summed E-state index contributed by atoms with van der Waals surface area (Å²) in [7, 11) is 0. The number of hydrogen-bond donors (Lipinski definition) is 0. The normalized spacial score (nSPS) is 19.4. The number of rotatable bonds is 2. The van der Waals surface area contributed by atoms with Crippen LogP contribution in [0.1, 0.15) is 59.4 Å². The molecule has 2 aromatic rings. The number of benzene rings is 2. The Morgan fingerprint density at radius 1 is 1.00 bits per heavy atom. The molecule has 20 heavy (non-hydrogen) atoms. The van der Waals surface area contributed by atoms with Crippen molar-refractivity contribution in [1.82, 2.24) is 0 Å². The van der Waals surface area contributed by atoms with E-state index in [1.165, 1.54) is 36.0 Å². The zero-order valence-corrected chi connectivity index (χ0v) is 12.8. The Hall–Kier alpha value is -1.56. The molecule has 0 fully saturated rings. The van der Waals surface area contributed by atoms with Crippen molar-refractivity contribution in [3.8, 4) is 0 Å². The molecular formula is C20H24. The molecule has 2 atom stereocenters. The first-order valence-corrected chi connectivity index (χ1v) is 7.82. The van der Waals surface area contributed by atoms with Gasteiger partial charge in [0, 0.05) is 0 Å². The van der Waals surface area contributed by atoms with Crippen molar-refractivity contribution in [3.05, 3.63) is 70.3 Å². The van der Waals surface area contributed by atoms with Crippen LogP contribution >= 0.6 is 0 Å². The highest BCUT2D eigenvalue weighted by Gasteiger charge is 2.26. The molecular weight excluding hydrogens is 240 g/mol. The van der Waals surface area contributed by atoms with Crippen molar-refractivity contribution in [2.24, 2.45) is 0 Å². The standard InChI is InChI=1S/C20H24/c1-14-8-6-12-18(15(14)2)16(3)19-13-7-10-17-9-4-5-11-20(17)19/h4-6,8-9,11-12,16,19H,7,10,13H2,1-3H3. The third kappa shape index (κ3) is 2.28. The van der Waals surface area contributed by atoms with Crippen molar-refractivity contribution >= 4 is 0 Å². The lowest BCUT2D eigenvalue weighted by Crippen LogP contribution is -2.16. The zero-order valence-electron chi connectivity index (χ0n) is 12.8. The minimum atomic E-state index is 0.608. The van der Waals surface area contributed by atoms with Gasteiger partial charge in [0.25, 0.3) is 0 Å². The summed E-state index contributed by atoms with van der Waals surface area (Å²) in [6, 6.07) is 15.8. The van der Waals surface area contributed by atoms with E-state index in [1.807, 2.05) is 0 Å². The molecule has 1 aliphatic rings. The SMILES string of the molecule is Cc1cccc(C(C)C2CCCc3ccccc32)c1C. The average Bonchev–Trinajstić information content (AvgIpc) is 2.49. The van der Waals surface area contributed by atoms with Gasteiger partial charge in [-0.3, -0.25) is 0 Å². The van der Waals surface area contributed by atoms with Crippen LogP contribution in [-0.2, 0) is 6.42 Å². The Bertz CT molecular complexity index is 609. The Labute approximate surface area is 122 Å². The minimum Gasteiger partial charge on any atom is -0.0620 e. The minimum absolute atomic E-state index is 0.608. The molecule has 0 heterocycles. The maximum absolute atomic E-state index is 2.41. The molecule has 0 saturated carbocycles. The van der Waals surface area contributed by atoms with E-state index in [9.17, 15) is 0 Å². The van der Waals surface area contributed by atoms with Gasteiger partial charge in [-0.25, -0.2) is 0 Å². The molecule has 0 aliphatic heterocycles. The quantitative estimate of drug-likeness (QED) is 0.669. The molecule has 0 bridgehead atoms. The highest BCUT2D eigenvalue weighted by atomic mass is 14.3. The molecule has 2 unspecified atom stereocenters. The largest absolute Gasteiger partial charge is 0.0620 e. The number of aryl methyl sites for hydroxylation is 2. The first kappa shape index (κ1) is 13.4. The van der Waals surface area contributed by atoms with Gasteiger partial charge in [0.05, 0.1) is 0 Å². The van der Waals surface area contributed by atoms with E-state index in [1.54, 1.807) is 11.1 Å². The lowest BCUT2D eigenvalue weighted by molar-refractivity contribution is 0.486. The molecule has 0 N–H and O–H groups in total. The van der Waals surface area contributed by atoms with Crippen molar-refractivity contribution in [2.45, 2.75) is 51.9 Å². The van der Waals surface area contributed by atoms with Gasteiger partial charge < -0.3 is 0 Å². The molecule has 1 aliphatic carbocycles. The van der Waals surface area contributed by atoms with Crippen LogP contribution in [0, 0.1) is 13.8 Å². The number of hydrogen-bond acceptors (Lipinski definition) is 0. The van der Waals surface area contributed by atoms with E-state index in [2.05, 4.69) is 63.2 Å². The van der Waals surface area contributed by atoms with Crippen LogP contribution in [0.2, 0.25) is 0 Å². The van der Waals surface area contributed by atoms with Crippen LogP contribution in [0.25, 0.3) is 0 Å². The summed E-state index contributed by atoms with van der Waals surface area (Å²) in [6.45, 7) is 6.91. The van der Waals surface area contributed by atoms with Gasteiger partial charge >= 0.3 is 0 Å². The molecule has 0 amide bonds. The van der Waals surface area contributed by atoms with Gasteiger partial charge in [-0.05, 0) is 72.8 Å². The molecule has 2 aromatic carbocycles. The predicted octanol–water partition coefficient (Wildman–Crippen LogP) is 5.53. The van der Waals surface area contributed by atoms with Crippen LogP contribution in [0.4, 0.5) is 0 Å². The second-order valence-corrected chi connectivity index (χ2v) is 6.28. The maximum Gasteiger partial charge on any atom is -0.00928 e. The van der Waals surface area contributed by atoms with E-state index in [0.29, 0.717) is 11.8 Å². The fourth-order valence-electron chi connectivity index (χ4n) is 3.79. The van der Waals surface area contributed by atoms with E-state index in [0.717, 1.165) is 0 Å². The fraction of sp³-hybridized carbons (Fsp3) is 0.400. The fourth-order valence-corrected chi connectivity index (χ4v) is 3.79. The topological polar surface area (TPSA) is 0 Å². The van der Waals surface area contributed by atoms with Crippen LogP contribution < -0.4 is 0 Å². The highest BCUT2D eigenvalue weighted by Crippen LogP contribution is 2.42. The van der Waals surface area contributed by atoms with Gasteiger partial charge in [-0.2, -0.15) is 0 Å². The first-order chi connectivity index (χ1) is 9.68. The third-order valence-electron chi connectivity index (χ3n) is 5.16. The molecule has 0 radical (unpaired) electrons. The molecule has 0 aromatic heterocycles. The van der Waals surface area contributed by atoms with Gasteiger partial charge in [0.1, 0.15) is 0 Å². The molecule has 104 valence electrons. The molecule has 0 heteroatoms. The first-order valence-electron chi connectivity index (χ1n) is 7.82. The van der Waals surface area contributed by atoms with Crippen molar-refractivity contribution in [2.75, 3.05) is 0 Å². The molecule has 3 rings (SSSR count). The van der Waals surface area contributed by atoms with E-state index in [4.69, 9.17) is 0 Å². The summed E-state index contributed by atoms with van der Waals surface area (Å²) in [5.74, 6) is 1.29. The monoisotopic (exact) mass is 264 g/mol. The summed E-state index contributed by atoms with van der Waals surface area (Å²) in [5.41, 5.74) is 7.58. The van der Waals surface area contributed by atoms with Crippen LogP contribution in [0.3, 0.4) is 0 Å². The van der Waals surface area contributed by atoms with Crippen molar-refractivity contribution < 1.29 is 0 Å². The van der Waals surface area contributed by atoms with Gasteiger partial charge in [0.2, 0.25) is 0 Å². The third-order valence-corrected chi connectivity index (χ3v) is 5.16. The van der Waals surface area contributed by atoms with Crippen molar-refractivity contribution in [1.29, 1.82) is 0 Å². The Kier molecular flexibility index (Phi) is 3.65. The van der Waals surface area contributed by atoms with E-state index < -0.39 is 0 Å². The van der Waals surface area contributed by atoms with E-state index in [-0.39, 0.29) is 0 Å². The smallest absolute Gasteiger partial charge is 0.00928 e. The Morgan fingerprint density at radius 2 is 1.80 bits per heavy atom. The lowest BCUT2D eigenvalue weighted by Gasteiger charge is -2.31. The van der Waals surface area contributed by atoms with Crippen LogP contribution in [-0.4, -0.2) is 0 Å². The highest BCUT2D eigenvalue weighted by molar-refractivity contribution is 5.40. The average molecular weight is 264 g/mol. The van der Waals surface area contributed by atoms with E-state index >= 15 is 0 Å². The summed E-state index contributed by atoms with van der Waals surface area (Å²) in [5, 5.41) is 0. The molecule has 0 spiro atoms. The lowest BCUT2D eigenvalue weighted by atomic mass is 9.73. The molecule has 0 nitrogen and oxygen atoms in total. The summed E-state index contributed by atoms with van der Waals surface area (Å²) < 4.78 is 0. The predicted molar refractivity (Wildman–Crippen MR) is 86.5 cm³/mol. The summed E-state index contributed by atoms with van der Waals surface area (Å²) in [6.07, 6.45) is 3.91. The van der Waals surface area contributed by atoms with Crippen molar-refractivity contribution in [3.63, 3.8) is 0 Å². The van der Waals surface area contributed by atoms with Crippen LogP contribution in [0.5, 0.6) is 0 Å². The Morgan fingerprint density at radius 3 is 2.65 bits per heavy atom. The summed E-state index contributed by atoms with van der Waals surface area (Å²) in [4.78, 5) is 0. The van der Waals surface area contributed by atoms with Gasteiger partial charge in [-0.15, -0.1) is 0 Å². The molecule has 0 saturated heterocycles. The Balaban J connectivity index is 2.00. The zero-order chi connectivity index (χ0) is 14.1. The van der Waals surface area contributed by atoms with Crippen LogP contribution in [0.15, 0.2) is 42.5 Å². The summed E-state index contributed by atoms with van der Waals surface area (Å²) >= 11 is 0. The second-order valence-electron chi connectivity index (χ2n) is 6.28. The second kappa shape index (κ2) is 5.44. The van der Waals surface area contributed by atoms with Gasteiger partial charge in [-0.1, -0.05) is 49.4 Å². The maximum atomic E-state index is 2.41. The van der Waals surface area contributed by atoms with Gasteiger partial charge in [0.15, 0.2) is 0 Å². The number of fused-ring (bicyclic) bond motifs is 1.